The molecule has 122 valence electrons. The summed E-state index contributed by atoms with van der Waals surface area (Å²) in [6.07, 6.45) is 5.17. The second-order valence-electron chi connectivity index (χ2n) is 6.71. The molecule has 2 fully saturated rings. The molecule has 0 saturated heterocycles. The highest BCUT2D eigenvalue weighted by Gasteiger charge is 2.57. The van der Waals surface area contributed by atoms with Crippen molar-refractivity contribution in [2.75, 3.05) is 0 Å². The molecule has 0 radical (unpaired) electrons. The van der Waals surface area contributed by atoms with E-state index in [0.717, 1.165) is 18.4 Å². The maximum atomic E-state index is 12.7. The predicted molar refractivity (Wildman–Crippen MR) is 85.3 cm³/mol. The number of carboxylic acids is 1. The van der Waals surface area contributed by atoms with Crippen molar-refractivity contribution in [2.45, 2.75) is 33.2 Å². The number of rotatable bonds is 4. The van der Waals surface area contributed by atoms with Crippen molar-refractivity contribution in [2.24, 2.45) is 23.7 Å². The molecule has 2 N–H and O–H groups in total. The van der Waals surface area contributed by atoms with Crippen molar-refractivity contribution in [3.8, 4) is 0 Å². The second-order valence-corrected chi connectivity index (χ2v) is 6.71. The molecule has 2 bridgehead atoms. The van der Waals surface area contributed by atoms with E-state index in [0.29, 0.717) is 6.54 Å². The molecule has 0 aliphatic heterocycles. The summed E-state index contributed by atoms with van der Waals surface area (Å²) in [4.78, 5) is 28.4. The molecule has 2 aliphatic rings. The van der Waals surface area contributed by atoms with Gasteiger partial charge in [0.25, 0.3) is 0 Å². The summed E-state index contributed by atoms with van der Waals surface area (Å²) in [5, 5.41) is 12.5. The van der Waals surface area contributed by atoms with E-state index < -0.39 is 17.8 Å². The summed E-state index contributed by atoms with van der Waals surface area (Å²) in [7, 11) is 0. The van der Waals surface area contributed by atoms with Crippen LogP contribution < -0.4 is 5.32 Å². The lowest BCUT2D eigenvalue weighted by Gasteiger charge is -2.26. The average molecular weight is 314 g/mol. The van der Waals surface area contributed by atoms with Crippen LogP contribution in [0.4, 0.5) is 0 Å². The molecule has 4 atom stereocenters. The zero-order valence-electron chi connectivity index (χ0n) is 13.5. The second kappa shape index (κ2) is 6.14. The highest BCUT2D eigenvalue weighted by Crippen LogP contribution is 2.57. The van der Waals surface area contributed by atoms with Gasteiger partial charge >= 0.3 is 5.97 Å². The molecule has 1 aromatic rings. The maximum absolute atomic E-state index is 12.7. The Balaban J connectivity index is 1.79. The van der Waals surface area contributed by atoms with Crippen molar-refractivity contribution in [3.05, 3.63) is 41.2 Å². The van der Waals surface area contributed by atoms with Crippen molar-refractivity contribution in [3.63, 3.8) is 0 Å². The van der Waals surface area contributed by atoms with Crippen molar-refractivity contribution in [1.29, 1.82) is 0 Å². The van der Waals surface area contributed by atoms with Gasteiger partial charge in [0, 0.05) is 18.9 Å². The summed E-state index contributed by atoms with van der Waals surface area (Å²) in [5.41, 5.74) is 3.35. The maximum Gasteiger partial charge on any atom is 0.307 e. The molecule has 2 saturated carbocycles. The topological polar surface area (TPSA) is 79.3 Å². The number of aliphatic carboxylic acids is 1. The number of hydrogen-bond acceptors (Lipinski definition) is 3. The van der Waals surface area contributed by atoms with Crippen LogP contribution in [0.1, 0.15) is 32.3 Å². The van der Waals surface area contributed by atoms with Crippen LogP contribution >= 0.6 is 0 Å². The average Bonchev–Trinajstić information content (AvgIpc) is 3.09. The molecular formula is C18H22N2O3. The van der Waals surface area contributed by atoms with Crippen molar-refractivity contribution in [1.82, 2.24) is 10.3 Å². The summed E-state index contributed by atoms with van der Waals surface area (Å²) >= 11 is 0. The fourth-order valence-corrected chi connectivity index (χ4v) is 4.41. The molecule has 2 aliphatic carbocycles. The van der Waals surface area contributed by atoms with Crippen LogP contribution in [0.25, 0.3) is 0 Å². The van der Waals surface area contributed by atoms with E-state index >= 15 is 0 Å². The minimum atomic E-state index is -0.847. The van der Waals surface area contributed by atoms with Crippen LogP contribution in [0.3, 0.4) is 0 Å². The lowest BCUT2D eigenvalue weighted by molar-refractivity contribution is -0.149. The van der Waals surface area contributed by atoms with Crippen LogP contribution in [0.2, 0.25) is 0 Å². The number of carbonyl (C=O) groups is 2. The number of allylic oxidation sites excluding steroid dienone is 2. The van der Waals surface area contributed by atoms with Gasteiger partial charge in [0.15, 0.2) is 0 Å². The van der Waals surface area contributed by atoms with Gasteiger partial charge in [-0.1, -0.05) is 11.1 Å². The number of nitrogens with zero attached hydrogens (tertiary/aromatic N) is 1. The Bertz CT molecular complexity index is 649. The van der Waals surface area contributed by atoms with E-state index in [2.05, 4.69) is 10.3 Å². The number of pyridine rings is 1. The van der Waals surface area contributed by atoms with E-state index in [9.17, 15) is 14.7 Å². The zero-order valence-corrected chi connectivity index (χ0v) is 13.5. The lowest BCUT2D eigenvalue weighted by atomic mass is 9.78. The summed E-state index contributed by atoms with van der Waals surface area (Å²) < 4.78 is 0. The number of hydrogen-bond donors (Lipinski definition) is 2. The first-order valence-corrected chi connectivity index (χ1v) is 8.07. The third-order valence-electron chi connectivity index (χ3n) is 5.22. The molecule has 1 amide bonds. The number of carbonyl (C=O) groups excluding carboxylic acids is 1. The minimum Gasteiger partial charge on any atom is -0.481 e. The highest BCUT2D eigenvalue weighted by atomic mass is 16.4. The molecule has 3 rings (SSSR count). The Morgan fingerprint density at radius 3 is 2.35 bits per heavy atom. The fraction of sp³-hybridized carbons (Fsp3) is 0.500. The minimum absolute atomic E-state index is 0.0270. The molecular weight excluding hydrogens is 292 g/mol. The van der Waals surface area contributed by atoms with Gasteiger partial charge in [-0.05, 0) is 56.2 Å². The largest absolute Gasteiger partial charge is 0.481 e. The number of nitrogens with one attached hydrogen (secondary N) is 1. The monoisotopic (exact) mass is 314 g/mol. The smallest absolute Gasteiger partial charge is 0.307 e. The van der Waals surface area contributed by atoms with Crippen LogP contribution in [0, 0.1) is 23.7 Å². The molecule has 1 heterocycles. The highest BCUT2D eigenvalue weighted by molar-refractivity contribution is 5.87. The number of amides is 1. The molecule has 1 aromatic heterocycles. The third kappa shape index (κ3) is 2.76. The van der Waals surface area contributed by atoms with Crippen LogP contribution in [-0.4, -0.2) is 22.0 Å². The van der Waals surface area contributed by atoms with Gasteiger partial charge in [0.05, 0.1) is 11.8 Å². The van der Waals surface area contributed by atoms with Crippen LogP contribution in [0.15, 0.2) is 35.7 Å². The predicted octanol–water partition coefficient (Wildman–Crippen LogP) is 2.39. The first-order chi connectivity index (χ1) is 11.0. The molecule has 5 nitrogen and oxygen atoms in total. The number of aromatic nitrogens is 1. The quantitative estimate of drug-likeness (QED) is 0.836. The lowest BCUT2D eigenvalue weighted by Crippen LogP contribution is -2.41. The first kappa shape index (κ1) is 15.7. The van der Waals surface area contributed by atoms with E-state index in [1.54, 1.807) is 12.4 Å². The van der Waals surface area contributed by atoms with Gasteiger partial charge < -0.3 is 10.4 Å². The van der Waals surface area contributed by atoms with Gasteiger partial charge in [0.2, 0.25) is 5.91 Å². The number of carboxylic acid groups (broad SMARTS) is 1. The Hall–Kier alpha value is -2.17. The molecule has 23 heavy (non-hydrogen) atoms. The van der Waals surface area contributed by atoms with Gasteiger partial charge in [-0.25, -0.2) is 0 Å². The normalized spacial score (nSPS) is 28.7. The van der Waals surface area contributed by atoms with E-state index in [1.807, 2.05) is 26.0 Å². The van der Waals surface area contributed by atoms with E-state index in [-0.39, 0.29) is 17.7 Å². The summed E-state index contributed by atoms with van der Waals surface area (Å²) in [6, 6.07) is 3.69. The Labute approximate surface area is 135 Å². The Morgan fingerprint density at radius 2 is 1.78 bits per heavy atom. The van der Waals surface area contributed by atoms with Gasteiger partial charge in [-0.3, -0.25) is 14.6 Å². The molecule has 0 spiro atoms. The standard InChI is InChI=1S/C18H22N2O3/c1-10(2)14-12-3-4-13(14)16(18(22)23)15(12)17(21)20-9-11-5-7-19-8-6-11/h5-8,12-13,15-16H,3-4,9H2,1-2H3,(H,20,21)(H,22,23)/t12-,13+,15-,16-/m1/s1. The van der Waals surface area contributed by atoms with Crippen molar-refractivity contribution >= 4 is 11.9 Å². The molecule has 0 unspecified atom stereocenters. The summed E-state index contributed by atoms with van der Waals surface area (Å²) in [5.74, 6) is -1.91. The molecule has 0 aromatic carbocycles. The number of fused-ring (bicyclic) bond motifs is 2. The van der Waals surface area contributed by atoms with Gasteiger partial charge in [0.1, 0.15) is 0 Å². The van der Waals surface area contributed by atoms with E-state index in [4.69, 9.17) is 0 Å². The van der Waals surface area contributed by atoms with Crippen LogP contribution in [-0.2, 0) is 16.1 Å². The van der Waals surface area contributed by atoms with Crippen molar-refractivity contribution < 1.29 is 14.7 Å². The van der Waals surface area contributed by atoms with Gasteiger partial charge in [-0.2, -0.15) is 0 Å². The Morgan fingerprint density at radius 1 is 1.17 bits per heavy atom. The Kier molecular flexibility index (Phi) is 4.20. The fourth-order valence-electron chi connectivity index (χ4n) is 4.41. The molecule has 5 heteroatoms. The zero-order chi connectivity index (χ0) is 16.6. The first-order valence-electron chi connectivity index (χ1n) is 8.07. The third-order valence-corrected chi connectivity index (χ3v) is 5.22. The van der Waals surface area contributed by atoms with E-state index in [1.165, 1.54) is 11.1 Å². The van der Waals surface area contributed by atoms with Gasteiger partial charge in [-0.15, -0.1) is 0 Å². The SMILES string of the molecule is CC(C)=C1[C@H]2CC[C@@H]1[C@@H](C(=O)O)[C@@H]2C(=O)NCc1ccncc1. The van der Waals surface area contributed by atoms with Crippen LogP contribution in [0.5, 0.6) is 0 Å². The summed E-state index contributed by atoms with van der Waals surface area (Å²) in [6.45, 7) is 4.46.